The van der Waals surface area contributed by atoms with Gasteiger partial charge in [0.25, 0.3) is 5.91 Å². The van der Waals surface area contributed by atoms with Gasteiger partial charge in [-0.25, -0.2) is 0 Å². The first-order chi connectivity index (χ1) is 14.4. The Bertz CT molecular complexity index is 960. The van der Waals surface area contributed by atoms with E-state index < -0.39 is 6.04 Å². The third-order valence-corrected chi connectivity index (χ3v) is 4.91. The molecule has 0 saturated heterocycles. The highest BCUT2D eigenvalue weighted by Gasteiger charge is 2.32. The van der Waals surface area contributed by atoms with E-state index in [1.807, 2.05) is 18.2 Å². The molecule has 30 heavy (non-hydrogen) atoms. The van der Waals surface area contributed by atoms with E-state index in [2.05, 4.69) is 10.6 Å². The normalized spacial score (nSPS) is 15.7. The number of hydrogen-bond acceptors (Lipinski definition) is 5. The number of ether oxygens (including phenoxy) is 2. The van der Waals surface area contributed by atoms with E-state index in [0.717, 1.165) is 5.56 Å². The fraction of sp³-hybridized carbons (Fsp3) is 0.318. The molecule has 2 N–H and O–H groups in total. The zero-order valence-corrected chi connectivity index (χ0v) is 17.2. The van der Waals surface area contributed by atoms with Crippen molar-refractivity contribution in [2.45, 2.75) is 19.4 Å². The summed E-state index contributed by atoms with van der Waals surface area (Å²) < 4.78 is 10.5. The molecule has 1 atom stereocenters. The predicted octanol–water partition coefficient (Wildman–Crippen LogP) is 1.53. The topological polar surface area (TPSA) is 97.0 Å². The van der Waals surface area contributed by atoms with Crippen molar-refractivity contribution in [2.24, 2.45) is 0 Å². The standard InChI is InChI=1S/C22H25N3O5/c1-14-22(28)25(17-7-5-4-6-16(17)21(27)24-14)13-20(26)23-11-10-15-8-9-18(29-2)19(12-15)30-3/h4-9,12,14H,10-11,13H2,1-3H3,(H,23,26)(H,24,27). The highest BCUT2D eigenvalue weighted by atomic mass is 16.5. The SMILES string of the molecule is COc1ccc(CCNC(=O)CN2C(=O)C(C)NC(=O)c3ccccc32)cc1OC. The van der Waals surface area contributed by atoms with Crippen molar-refractivity contribution in [1.29, 1.82) is 0 Å². The lowest BCUT2D eigenvalue weighted by Gasteiger charge is -2.23. The highest BCUT2D eigenvalue weighted by Crippen LogP contribution is 2.27. The molecule has 0 bridgehead atoms. The molecule has 3 amide bonds. The second-order valence-electron chi connectivity index (χ2n) is 6.93. The molecule has 0 radical (unpaired) electrons. The van der Waals surface area contributed by atoms with Crippen LogP contribution in [0.3, 0.4) is 0 Å². The largest absolute Gasteiger partial charge is 0.493 e. The van der Waals surface area contributed by atoms with E-state index in [-0.39, 0.29) is 24.3 Å². The maximum absolute atomic E-state index is 12.7. The molecule has 0 aromatic heterocycles. The van der Waals surface area contributed by atoms with Crippen molar-refractivity contribution in [3.05, 3.63) is 53.6 Å². The number of benzene rings is 2. The van der Waals surface area contributed by atoms with Crippen LogP contribution in [-0.4, -0.2) is 51.1 Å². The average molecular weight is 411 g/mol. The van der Waals surface area contributed by atoms with Crippen LogP contribution in [0, 0.1) is 0 Å². The molecule has 1 unspecified atom stereocenters. The Kier molecular flexibility index (Phi) is 6.56. The summed E-state index contributed by atoms with van der Waals surface area (Å²) in [4.78, 5) is 38.9. The van der Waals surface area contributed by atoms with Crippen LogP contribution in [0.25, 0.3) is 0 Å². The first kappa shape index (κ1) is 21.2. The molecule has 0 saturated carbocycles. The molecule has 0 aliphatic carbocycles. The Morgan fingerprint density at radius 3 is 2.57 bits per heavy atom. The van der Waals surface area contributed by atoms with Crippen LogP contribution in [0.15, 0.2) is 42.5 Å². The Balaban J connectivity index is 1.65. The number of anilines is 1. The fourth-order valence-corrected chi connectivity index (χ4v) is 3.33. The van der Waals surface area contributed by atoms with Crippen molar-refractivity contribution >= 4 is 23.4 Å². The van der Waals surface area contributed by atoms with Crippen LogP contribution < -0.4 is 25.0 Å². The maximum Gasteiger partial charge on any atom is 0.254 e. The van der Waals surface area contributed by atoms with Gasteiger partial charge >= 0.3 is 0 Å². The molecule has 0 fully saturated rings. The lowest BCUT2D eigenvalue weighted by molar-refractivity contribution is -0.124. The maximum atomic E-state index is 12.7. The monoisotopic (exact) mass is 411 g/mol. The first-order valence-electron chi connectivity index (χ1n) is 9.63. The van der Waals surface area contributed by atoms with E-state index in [1.54, 1.807) is 45.4 Å². The smallest absolute Gasteiger partial charge is 0.254 e. The molecule has 0 spiro atoms. The minimum Gasteiger partial charge on any atom is -0.493 e. The van der Waals surface area contributed by atoms with Gasteiger partial charge in [-0.3, -0.25) is 14.4 Å². The lowest BCUT2D eigenvalue weighted by atomic mass is 10.1. The van der Waals surface area contributed by atoms with Gasteiger partial charge in [-0.2, -0.15) is 0 Å². The molecule has 1 aliphatic heterocycles. The van der Waals surface area contributed by atoms with Crippen LogP contribution in [0.5, 0.6) is 11.5 Å². The number of methoxy groups -OCH3 is 2. The van der Waals surface area contributed by atoms with Gasteiger partial charge in [0.2, 0.25) is 11.8 Å². The van der Waals surface area contributed by atoms with Crippen molar-refractivity contribution < 1.29 is 23.9 Å². The van der Waals surface area contributed by atoms with Gasteiger partial charge in [-0.1, -0.05) is 18.2 Å². The van der Waals surface area contributed by atoms with Crippen molar-refractivity contribution in [3.8, 4) is 11.5 Å². The summed E-state index contributed by atoms with van der Waals surface area (Å²) in [5.74, 6) is 0.298. The molecular formula is C22H25N3O5. The van der Waals surface area contributed by atoms with Gasteiger partial charge in [0.1, 0.15) is 12.6 Å². The van der Waals surface area contributed by atoms with E-state index >= 15 is 0 Å². The Morgan fingerprint density at radius 1 is 1.10 bits per heavy atom. The molecule has 1 aliphatic rings. The van der Waals surface area contributed by atoms with E-state index in [9.17, 15) is 14.4 Å². The summed E-state index contributed by atoms with van der Waals surface area (Å²) in [6.07, 6.45) is 0.590. The highest BCUT2D eigenvalue weighted by molar-refractivity contribution is 6.12. The summed E-state index contributed by atoms with van der Waals surface area (Å²) in [6, 6.07) is 11.6. The number of carbonyl (C=O) groups is 3. The molecule has 2 aromatic carbocycles. The number of hydrogen-bond donors (Lipinski definition) is 2. The van der Waals surface area contributed by atoms with Crippen LogP contribution in [0.4, 0.5) is 5.69 Å². The summed E-state index contributed by atoms with van der Waals surface area (Å²) in [5, 5.41) is 5.48. The second-order valence-corrected chi connectivity index (χ2v) is 6.93. The van der Waals surface area contributed by atoms with Gasteiger partial charge in [0.15, 0.2) is 11.5 Å². The third-order valence-electron chi connectivity index (χ3n) is 4.91. The van der Waals surface area contributed by atoms with Crippen LogP contribution in [0.1, 0.15) is 22.8 Å². The molecular weight excluding hydrogens is 386 g/mol. The predicted molar refractivity (Wildman–Crippen MR) is 112 cm³/mol. The molecule has 8 nitrogen and oxygen atoms in total. The summed E-state index contributed by atoms with van der Waals surface area (Å²) >= 11 is 0. The average Bonchev–Trinajstić information content (AvgIpc) is 2.84. The molecule has 3 rings (SSSR count). The van der Waals surface area contributed by atoms with E-state index in [1.165, 1.54) is 4.90 Å². The third kappa shape index (κ3) is 4.53. The van der Waals surface area contributed by atoms with Gasteiger partial charge < -0.3 is 25.0 Å². The number of carbonyl (C=O) groups excluding carboxylic acids is 3. The van der Waals surface area contributed by atoms with Crippen LogP contribution >= 0.6 is 0 Å². The zero-order chi connectivity index (χ0) is 21.7. The van der Waals surface area contributed by atoms with Crippen molar-refractivity contribution in [1.82, 2.24) is 10.6 Å². The Labute approximate surface area is 175 Å². The number of amides is 3. The molecule has 158 valence electrons. The minimum atomic E-state index is -0.718. The number of para-hydroxylation sites is 1. The number of rotatable bonds is 7. The van der Waals surface area contributed by atoms with Gasteiger partial charge in [0.05, 0.1) is 25.5 Å². The zero-order valence-electron chi connectivity index (χ0n) is 17.2. The second kappa shape index (κ2) is 9.30. The van der Waals surface area contributed by atoms with Gasteiger partial charge in [-0.05, 0) is 43.2 Å². The lowest BCUT2D eigenvalue weighted by Crippen LogP contribution is -2.47. The fourth-order valence-electron chi connectivity index (χ4n) is 3.33. The molecule has 1 heterocycles. The minimum absolute atomic E-state index is 0.166. The first-order valence-corrected chi connectivity index (χ1v) is 9.63. The van der Waals surface area contributed by atoms with Crippen LogP contribution in [0.2, 0.25) is 0 Å². The quantitative estimate of drug-likeness (QED) is 0.720. The summed E-state index contributed by atoms with van der Waals surface area (Å²) in [5.41, 5.74) is 1.78. The van der Waals surface area contributed by atoms with E-state index in [4.69, 9.17) is 9.47 Å². The summed E-state index contributed by atoms with van der Waals surface area (Å²) in [7, 11) is 3.14. The number of nitrogens with zero attached hydrogens (tertiary/aromatic N) is 1. The molecule has 8 heteroatoms. The molecule has 2 aromatic rings. The Morgan fingerprint density at radius 2 is 1.83 bits per heavy atom. The summed E-state index contributed by atoms with van der Waals surface area (Å²) in [6.45, 7) is 1.83. The van der Waals surface area contributed by atoms with Crippen LogP contribution in [-0.2, 0) is 16.0 Å². The van der Waals surface area contributed by atoms with E-state index in [0.29, 0.717) is 35.7 Å². The number of nitrogens with one attached hydrogen (secondary N) is 2. The van der Waals surface area contributed by atoms with Crippen molar-refractivity contribution in [3.63, 3.8) is 0 Å². The van der Waals surface area contributed by atoms with Crippen molar-refractivity contribution in [2.75, 3.05) is 32.2 Å². The Hall–Kier alpha value is -3.55. The van der Waals surface area contributed by atoms with Gasteiger partial charge in [-0.15, -0.1) is 0 Å². The van der Waals surface area contributed by atoms with Gasteiger partial charge in [0, 0.05) is 6.54 Å². The number of fused-ring (bicyclic) bond motifs is 1.